The summed E-state index contributed by atoms with van der Waals surface area (Å²) in [4.78, 5) is 16.2. The molecular weight excluding hydrogens is 276 g/mol. The van der Waals surface area contributed by atoms with Crippen LogP contribution in [0.2, 0.25) is 0 Å². The predicted molar refractivity (Wildman–Crippen MR) is 85.9 cm³/mol. The van der Waals surface area contributed by atoms with E-state index in [2.05, 4.69) is 23.1 Å². The average Bonchev–Trinajstić information content (AvgIpc) is 3.36. The van der Waals surface area contributed by atoms with Gasteiger partial charge in [0.15, 0.2) is 0 Å². The summed E-state index contributed by atoms with van der Waals surface area (Å²) >= 11 is 0. The van der Waals surface area contributed by atoms with Crippen LogP contribution in [0.4, 0.5) is 5.69 Å². The van der Waals surface area contributed by atoms with Crippen LogP contribution in [-0.2, 0) is 22.5 Å². The molecule has 3 aliphatic rings. The molecule has 1 aromatic rings. The van der Waals surface area contributed by atoms with Crippen LogP contribution in [0.5, 0.6) is 0 Å². The van der Waals surface area contributed by atoms with Crippen molar-refractivity contribution in [3.8, 4) is 0 Å². The molecule has 4 rings (SSSR count). The van der Waals surface area contributed by atoms with E-state index in [-0.39, 0.29) is 5.91 Å². The monoisotopic (exact) mass is 300 g/mol. The molecule has 22 heavy (non-hydrogen) atoms. The minimum atomic E-state index is 0.224. The molecule has 1 unspecified atom stereocenters. The van der Waals surface area contributed by atoms with Crippen LogP contribution in [0, 0.1) is 5.92 Å². The van der Waals surface area contributed by atoms with Crippen LogP contribution >= 0.6 is 0 Å². The summed E-state index contributed by atoms with van der Waals surface area (Å²) < 4.78 is 5.68. The van der Waals surface area contributed by atoms with E-state index in [0.717, 1.165) is 44.3 Å². The highest BCUT2D eigenvalue weighted by Gasteiger charge is 2.37. The van der Waals surface area contributed by atoms with Gasteiger partial charge in [-0.25, -0.2) is 0 Å². The number of hydrogen-bond donors (Lipinski definition) is 0. The number of hydrogen-bond acceptors (Lipinski definition) is 3. The van der Waals surface area contributed by atoms with Gasteiger partial charge in [0.1, 0.15) is 0 Å². The molecule has 0 radical (unpaired) electrons. The molecule has 2 heterocycles. The van der Waals surface area contributed by atoms with Crippen molar-refractivity contribution in [1.29, 1.82) is 0 Å². The summed E-state index contributed by atoms with van der Waals surface area (Å²) in [6.45, 7) is 3.80. The number of fused-ring (bicyclic) bond motifs is 1. The van der Waals surface area contributed by atoms with Crippen molar-refractivity contribution < 1.29 is 9.53 Å². The minimum Gasteiger partial charge on any atom is -0.378 e. The van der Waals surface area contributed by atoms with E-state index in [4.69, 9.17) is 4.74 Å². The molecule has 1 aromatic carbocycles. The SMILES string of the molecule is CN1C(=O)CCc2cc(CN3CCOCC3C3CC3)ccc21. The first kappa shape index (κ1) is 14.2. The highest BCUT2D eigenvalue weighted by Crippen LogP contribution is 2.37. The van der Waals surface area contributed by atoms with Gasteiger partial charge >= 0.3 is 0 Å². The lowest BCUT2D eigenvalue weighted by Gasteiger charge is -2.36. The molecule has 4 heteroatoms. The summed E-state index contributed by atoms with van der Waals surface area (Å²) in [5.41, 5.74) is 3.77. The van der Waals surface area contributed by atoms with Crippen LogP contribution in [0.3, 0.4) is 0 Å². The molecule has 1 amide bonds. The van der Waals surface area contributed by atoms with Gasteiger partial charge in [-0.3, -0.25) is 9.69 Å². The number of anilines is 1. The number of ether oxygens (including phenoxy) is 1. The Morgan fingerprint density at radius 3 is 2.95 bits per heavy atom. The Morgan fingerprint density at radius 1 is 1.27 bits per heavy atom. The Morgan fingerprint density at radius 2 is 2.14 bits per heavy atom. The molecule has 2 aliphatic heterocycles. The number of morpholine rings is 1. The highest BCUT2D eigenvalue weighted by atomic mass is 16.5. The van der Waals surface area contributed by atoms with E-state index in [1.807, 2.05) is 7.05 Å². The van der Waals surface area contributed by atoms with Crippen molar-refractivity contribution in [2.24, 2.45) is 5.92 Å². The molecule has 2 fully saturated rings. The van der Waals surface area contributed by atoms with E-state index < -0.39 is 0 Å². The van der Waals surface area contributed by atoms with Gasteiger partial charge in [0, 0.05) is 38.3 Å². The van der Waals surface area contributed by atoms with Gasteiger partial charge < -0.3 is 9.64 Å². The van der Waals surface area contributed by atoms with E-state index in [0.29, 0.717) is 12.5 Å². The van der Waals surface area contributed by atoms with Gasteiger partial charge in [0.05, 0.1) is 13.2 Å². The molecule has 4 nitrogen and oxygen atoms in total. The normalized spacial score (nSPS) is 26.1. The van der Waals surface area contributed by atoms with Crippen molar-refractivity contribution in [2.75, 3.05) is 31.7 Å². The number of rotatable bonds is 3. The fraction of sp³-hybridized carbons (Fsp3) is 0.611. The van der Waals surface area contributed by atoms with Crippen LogP contribution in [0.15, 0.2) is 18.2 Å². The van der Waals surface area contributed by atoms with E-state index >= 15 is 0 Å². The molecular formula is C18H24N2O2. The van der Waals surface area contributed by atoms with Gasteiger partial charge in [-0.2, -0.15) is 0 Å². The second kappa shape index (κ2) is 5.67. The average molecular weight is 300 g/mol. The predicted octanol–water partition coefficient (Wildman–Crippen LogP) is 2.21. The fourth-order valence-electron chi connectivity index (χ4n) is 3.81. The second-order valence-electron chi connectivity index (χ2n) is 6.87. The van der Waals surface area contributed by atoms with Crippen molar-refractivity contribution >= 4 is 11.6 Å². The largest absolute Gasteiger partial charge is 0.378 e. The molecule has 0 spiro atoms. The number of nitrogens with zero attached hydrogens (tertiary/aromatic N) is 2. The van der Waals surface area contributed by atoms with Crippen molar-refractivity contribution in [2.45, 2.75) is 38.3 Å². The smallest absolute Gasteiger partial charge is 0.227 e. The Bertz CT molecular complexity index is 582. The Hall–Kier alpha value is -1.39. The lowest BCUT2D eigenvalue weighted by atomic mass is 9.98. The maximum Gasteiger partial charge on any atom is 0.227 e. The molecule has 1 aliphatic carbocycles. The maximum atomic E-state index is 11.8. The standard InChI is InChI=1S/C18H24N2O2/c1-19-16-6-2-13(10-15(16)5-7-18(19)21)11-20-8-9-22-12-17(20)14-3-4-14/h2,6,10,14,17H,3-5,7-9,11-12H2,1H3. The van der Waals surface area contributed by atoms with Gasteiger partial charge in [-0.05, 0) is 42.4 Å². The van der Waals surface area contributed by atoms with Crippen molar-refractivity contribution in [3.05, 3.63) is 29.3 Å². The molecule has 1 saturated heterocycles. The van der Waals surface area contributed by atoms with Crippen LogP contribution < -0.4 is 4.90 Å². The third-order valence-corrected chi connectivity index (χ3v) is 5.32. The Balaban J connectivity index is 1.52. The summed E-state index contributed by atoms with van der Waals surface area (Å²) in [6.07, 6.45) is 4.24. The van der Waals surface area contributed by atoms with Crippen molar-refractivity contribution in [1.82, 2.24) is 4.90 Å². The first-order valence-corrected chi connectivity index (χ1v) is 8.42. The zero-order chi connectivity index (χ0) is 15.1. The summed E-state index contributed by atoms with van der Waals surface area (Å²) in [7, 11) is 1.88. The van der Waals surface area contributed by atoms with E-state index in [9.17, 15) is 4.79 Å². The molecule has 0 aromatic heterocycles. The van der Waals surface area contributed by atoms with E-state index in [1.165, 1.54) is 24.0 Å². The summed E-state index contributed by atoms with van der Waals surface area (Å²) in [5, 5.41) is 0. The molecule has 1 atom stereocenters. The number of carbonyl (C=O) groups excluding carboxylic acids is 1. The first-order chi connectivity index (χ1) is 10.7. The third-order valence-electron chi connectivity index (χ3n) is 5.32. The van der Waals surface area contributed by atoms with Crippen LogP contribution in [-0.4, -0.2) is 43.7 Å². The van der Waals surface area contributed by atoms with Gasteiger partial charge in [-0.1, -0.05) is 12.1 Å². The summed E-state index contributed by atoms with van der Waals surface area (Å²) in [6, 6.07) is 7.22. The number of aryl methyl sites for hydroxylation is 1. The summed E-state index contributed by atoms with van der Waals surface area (Å²) in [5.74, 6) is 1.07. The van der Waals surface area contributed by atoms with Gasteiger partial charge in [0.25, 0.3) is 0 Å². The van der Waals surface area contributed by atoms with Crippen LogP contribution in [0.25, 0.3) is 0 Å². The van der Waals surface area contributed by atoms with Crippen LogP contribution in [0.1, 0.15) is 30.4 Å². The van der Waals surface area contributed by atoms with Gasteiger partial charge in [-0.15, -0.1) is 0 Å². The molecule has 118 valence electrons. The second-order valence-corrected chi connectivity index (χ2v) is 6.87. The molecule has 0 N–H and O–H groups in total. The third kappa shape index (κ3) is 2.66. The topological polar surface area (TPSA) is 32.8 Å². The zero-order valence-corrected chi connectivity index (χ0v) is 13.3. The minimum absolute atomic E-state index is 0.224. The number of benzene rings is 1. The molecule has 1 saturated carbocycles. The Kier molecular flexibility index (Phi) is 3.66. The lowest BCUT2D eigenvalue weighted by Crippen LogP contribution is -2.46. The van der Waals surface area contributed by atoms with E-state index in [1.54, 1.807) is 4.90 Å². The maximum absolute atomic E-state index is 11.8. The Labute approximate surface area is 132 Å². The first-order valence-electron chi connectivity index (χ1n) is 8.42. The quantitative estimate of drug-likeness (QED) is 0.858. The fourth-order valence-corrected chi connectivity index (χ4v) is 3.81. The molecule has 0 bridgehead atoms. The van der Waals surface area contributed by atoms with Gasteiger partial charge in [0.2, 0.25) is 5.91 Å². The highest BCUT2D eigenvalue weighted by molar-refractivity contribution is 5.95. The lowest BCUT2D eigenvalue weighted by molar-refractivity contribution is -0.118. The number of amides is 1. The van der Waals surface area contributed by atoms with Crippen molar-refractivity contribution in [3.63, 3.8) is 0 Å². The zero-order valence-electron chi connectivity index (χ0n) is 13.3. The number of carbonyl (C=O) groups is 1.